The van der Waals surface area contributed by atoms with E-state index in [1.807, 2.05) is 24.3 Å². The van der Waals surface area contributed by atoms with Gasteiger partial charge in [-0.3, -0.25) is 4.79 Å². The molecule has 0 fully saturated rings. The molecule has 0 saturated heterocycles. The summed E-state index contributed by atoms with van der Waals surface area (Å²) >= 11 is 0. The fourth-order valence-corrected chi connectivity index (χ4v) is 2.44. The summed E-state index contributed by atoms with van der Waals surface area (Å²) in [5.74, 6) is 0.582. The minimum atomic E-state index is -0.0158. The molecule has 2 aromatic rings. The minimum absolute atomic E-state index is 0.0158. The normalized spacial score (nSPS) is 14.2. The zero-order valence-corrected chi connectivity index (χ0v) is 10.1. The number of hydrogen-bond acceptors (Lipinski definition) is 3. The van der Waals surface area contributed by atoms with Crippen LogP contribution in [0.3, 0.4) is 0 Å². The Labute approximate surface area is 105 Å². The summed E-state index contributed by atoms with van der Waals surface area (Å²) < 4.78 is 0. The molecule has 0 saturated carbocycles. The van der Waals surface area contributed by atoms with Crippen LogP contribution in [0, 0.1) is 0 Å². The third-order valence-corrected chi connectivity index (χ3v) is 3.41. The Bertz CT molecular complexity index is 646. The summed E-state index contributed by atoms with van der Waals surface area (Å²) in [5.41, 5.74) is 9.11. The zero-order chi connectivity index (χ0) is 12.5. The molecule has 4 heteroatoms. The van der Waals surface area contributed by atoms with Crippen molar-refractivity contribution in [2.24, 2.45) is 0 Å². The molecule has 18 heavy (non-hydrogen) atoms. The second-order valence-corrected chi connectivity index (χ2v) is 4.63. The fraction of sp³-hybridized carbons (Fsp3) is 0.286. The molecular weight excluding hydrogens is 226 g/mol. The first-order chi connectivity index (χ1) is 8.75. The molecule has 0 bridgehead atoms. The number of nitrogens with two attached hydrogens (primary N) is 1. The number of fused-ring (bicyclic) bond motifs is 1. The second kappa shape index (κ2) is 4.29. The van der Waals surface area contributed by atoms with E-state index in [1.54, 1.807) is 0 Å². The quantitative estimate of drug-likeness (QED) is 0.749. The Kier molecular flexibility index (Phi) is 2.63. The third-order valence-electron chi connectivity index (χ3n) is 3.41. The number of H-pyrrole nitrogens is 1. The van der Waals surface area contributed by atoms with Crippen molar-refractivity contribution in [1.82, 2.24) is 9.97 Å². The standard InChI is InChI=1S/C14H15N3O/c15-11-7-3-1-5-9(11)13-16-12-8-4-2-6-10(12)14(18)17-13/h1,3,5,7H,2,4,6,8,15H2,(H,16,17,18). The SMILES string of the molecule is Nc1ccccc1-c1nc2c(c(=O)[nH]1)CCCC2. The van der Waals surface area contributed by atoms with Crippen LogP contribution >= 0.6 is 0 Å². The predicted octanol–water partition coefficient (Wildman–Crippen LogP) is 1.90. The summed E-state index contributed by atoms with van der Waals surface area (Å²) in [5, 5.41) is 0. The van der Waals surface area contributed by atoms with Gasteiger partial charge < -0.3 is 10.7 Å². The first-order valence-corrected chi connectivity index (χ1v) is 6.22. The lowest BCUT2D eigenvalue weighted by atomic mass is 9.97. The smallest absolute Gasteiger partial charge is 0.254 e. The van der Waals surface area contributed by atoms with E-state index in [0.717, 1.165) is 42.5 Å². The third kappa shape index (κ3) is 1.79. The number of nitrogens with zero attached hydrogens (tertiary/aromatic N) is 1. The average Bonchev–Trinajstić information content (AvgIpc) is 2.39. The number of anilines is 1. The molecule has 4 nitrogen and oxygen atoms in total. The highest BCUT2D eigenvalue weighted by atomic mass is 16.1. The fourth-order valence-electron chi connectivity index (χ4n) is 2.44. The molecule has 3 rings (SSSR count). The molecule has 0 unspecified atom stereocenters. The van der Waals surface area contributed by atoms with Crippen molar-refractivity contribution in [1.29, 1.82) is 0 Å². The van der Waals surface area contributed by atoms with Gasteiger partial charge in [0.1, 0.15) is 5.82 Å². The Balaban J connectivity index is 2.17. The van der Waals surface area contributed by atoms with Crippen LogP contribution in [0.1, 0.15) is 24.1 Å². The van der Waals surface area contributed by atoms with Gasteiger partial charge in [0.25, 0.3) is 5.56 Å². The van der Waals surface area contributed by atoms with E-state index < -0.39 is 0 Å². The lowest BCUT2D eigenvalue weighted by Crippen LogP contribution is -2.21. The monoisotopic (exact) mass is 241 g/mol. The molecule has 0 aliphatic heterocycles. The van der Waals surface area contributed by atoms with Gasteiger partial charge in [0, 0.05) is 16.8 Å². The highest BCUT2D eigenvalue weighted by Crippen LogP contribution is 2.23. The summed E-state index contributed by atoms with van der Waals surface area (Å²) in [4.78, 5) is 19.4. The first kappa shape index (κ1) is 11.0. The number of aromatic nitrogens is 2. The van der Waals surface area contributed by atoms with Crippen LogP contribution in [0.25, 0.3) is 11.4 Å². The van der Waals surface area contributed by atoms with Gasteiger partial charge in [0.05, 0.1) is 5.69 Å². The Morgan fingerprint density at radius 2 is 1.94 bits per heavy atom. The van der Waals surface area contributed by atoms with Crippen LogP contribution in [0.2, 0.25) is 0 Å². The number of nitrogen functional groups attached to an aromatic ring is 1. The zero-order valence-electron chi connectivity index (χ0n) is 10.1. The van der Waals surface area contributed by atoms with Gasteiger partial charge in [-0.1, -0.05) is 12.1 Å². The topological polar surface area (TPSA) is 71.8 Å². The Morgan fingerprint density at radius 1 is 1.17 bits per heavy atom. The summed E-state index contributed by atoms with van der Waals surface area (Å²) in [6.45, 7) is 0. The number of rotatable bonds is 1. The maximum Gasteiger partial charge on any atom is 0.254 e. The van der Waals surface area contributed by atoms with Crippen LogP contribution in [0.15, 0.2) is 29.1 Å². The lowest BCUT2D eigenvalue weighted by Gasteiger charge is -2.15. The highest BCUT2D eigenvalue weighted by molar-refractivity contribution is 5.71. The van der Waals surface area contributed by atoms with E-state index in [1.165, 1.54) is 0 Å². The minimum Gasteiger partial charge on any atom is -0.398 e. The molecule has 1 heterocycles. The molecule has 0 amide bonds. The average molecular weight is 241 g/mol. The number of benzene rings is 1. The van der Waals surface area contributed by atoms with Gasteiger partial charge >= 0.3 is 0 Å². The van der Waals surface area contributed by atoms with E-state index in [4.69, 9.17) is 5.73 Å². The van der Waals surface area contributed by atoms with E-state index in [-0.39, 0.29) is 5.56 Å². The molecular formula is C14H15N3O. The van der Waals surface area contributed by atoms with Gasteiger partial charge in [0.2, 0.25) is 0 Å². The molecule has 92 valence electrons. The highest BCUT2D eigenvalue weighted by Gasteiger charge is 2.16. The molecule has 0 radical (unpaired) electrons. The number of aryl methyl sites for hydroxylation is 1. The molecule has 1 aromatic heterocycles. The molecule has 3 N–H and O–H groups in total. The van der Waals surface area contributed by atoms with E-state index >= 15 is 0 Å². The maximum atomic E-state index is 12.0. The van der Waals surface area contributed by atoms with Crippen molar-refractivity contribution in [2.45, 2.75) is 25.7 Å². The number of aromatic amines is 1. The molecule has 0 spiro atoms. The molecule has 1 aliphatic rings. The van der Waals surface area contributed by atoms with Crippen LogP contribution in [-0.2, 0) is 12.8 Å². The first-order valence-electron chi connectivity index (χ1n) is 6.22. The summed E-state index contributed by atoms with van der Waals surface area (Å²) in [7, 11) is 0. The van der Waals surface area contributed by atoms with Crippen LogP contribution in [0.4, 0.5) is 5.69 Å². The van der Waals surface area contributed by atoms with E-state index in [9.17, 15) is 4.79 Å². The van der Waals surface area contributed by atoms with Crippen molar-refractivity contribution in [3.05, 3.63) is 45.9 Å². The lowest BCUT2D eigenvalue weighted by molar-refractivity contribution is 0.657. The number of nitrogens with one attached hydrogen (secondary N) is 1. The molecule has 1 aliphatic carbocycles. The van der Waals surface area contributed by atoms with Crippen LogP contribution in [0.5, 0.6) is 0 Å². The molecule has 0 atom stereocenters. The van der Waals surface area contributed by atoms with E-state index in [0.29, 0.717) is 11.5 Å². The number of para-hydroxylation sites is 1. The van der Waals surface area contributed by atoms with E-state index in [2.05, 4.69) is 9.97 Å². The Morgan fingerprint density at radius 3 is 2.78 bits per heavy atom. The summed E-state index contributed by atoms with van der Waals surface area (Å²) in [6, 6.07) is 7.46. The van der Waals surface area contributed by atoms with Gasteiger partial charge in [0.15, 0.2) is 0 Å². The van der Waals surface area contributed by atoms with Crippen LogP contribution < -0.4 is 11.3 Å². The van der Waals surface area contributed by atoms with Crippen molar-refractivity contribution >= 4 is 5.69 Å². The summed E-state index contributed by atoms with van der Waals surface area (Å²) in [6.07, 6.45) is 3.90. The van der Waals surface area contributed by atoms with Crippen LogP contribution in [-0.4, -0.2) is 9.97 Å². The van der Waals surface area contributed by atoms with Crippen molar-refractivity contribution in [3.8, 4) is 11.4 Å². The van der Waals surface area contributed by atoms with Crippen molar-refractivity contribution in [3.63, 3.8) is 0 Å². The molecule has 1 aromatic carbocycles. The predicted molar refractivity (Wildman–Crippen MR) is 71.3 cm³/mol. The maximum absolute atomic E-state index is 12.0. The van der Waals surface area contributed by atoms with Gasteiger partial charge in [-0.25, -0.2) is 4.98 Å². The van der Waals surface area contributed by atoms with Gasteiger partial charge in [-0.05, 0) is 37.8 Å². The van der Waals surface area contributed by atoms with Crippen molar-refractivity contribution < 1.29 is 0 Å². The largest absolute Gasteiger partial charge is 0.398 e. The van der Waals surface area contributed by atoms with Gasteiger partial charge in [-0.2, -0.15) is 0 Å². The second-order valence-electron chi connectivity index (χ2n) is 4.63. The van der Waals surface area contributed by atoms with Gasteiger partial charge in [-0.15, -0.1) is 0 Å². The number of hydrogen-bond donors (Lipinski definition) is 2. The Hall–Kier alpha value is -2.10. The van der Waals surface area contributed by atoms with Crippen molar-refractivity contribution in [2.75, 3.05) is 5.73 Å².